The third-order valence-corrected chi connectivity index (χ3v) is 4.09. The molecule has 0 spiro atoms. The van der Waals surface area contributed by atoms with E-state index in [4.69, 9.17) is 9.47 Å². The van der Waals surface area contributed by atoms with Gasteiger partial charge in [0.2, 0.25) is 5.91 Å². The predicted octanol–water partition coefficient (Wildman–Crippen LogP) is 1.88. The van der Waals surface area contributed by atoms with Crippen LogP contribution in [0.5, 0.6) is 11.5 Å². The Hall–Kier alpha value is -2.24. The molecular weight excluding hydrogens is 296 g/mol. The first-order chi connectivity index (χ1) is 11.0. The van der Waals surface area contributed by atoms with Crippen molar-refractivity contribution in [3.8, 4) is 11.5 Å². The lowest BCUT2D eigenvalue weighted by atomic mass is 10.1. The van der Waals surface area contributed by atoms with E-state index in [2.05, 4.69) is 10.6 Å². The number of methoxy groups -OCH3 is 2. The Labute approximate surface area is 136 Å². The molecule has 1 fully saturated rings. The molecule has 23 heavy (non-hydrogen) atoms. The van der Waals surface area contributed by atoms with Crippen LogP contribution in [-0.2, 0) is 4.79 Å². The summed E-state index contributed by atoms with van der Waals surface area (Å²) in [4.78, 5) is 24.6. The summed E-state index contributed by atoms with van der Waals surface area (Å²) in [5.74, 6) is 0.465. The van der Waals surface area contributed by atoms with Crippen LogP contribution in [0.3, 0.4) is 0 Å². The summed E-state index contributed by atoms with van der Waals surface area (Å²) in [6, 6.07) is 4.59. The zero-order chi connectivity index (χ0) is 16.8. The van der Waals surface area contributed by atoms with Crippen LogP contribution in [0.4, 0.5) is 0 Å². The topological polar surface area (TPSA) is 76.7 Å². The molecule has 1 aromatic rings. The molecule has 6 heteroatoms. The molecule has 2 N–H and O–H groups in total. The van der Waals surface area contributed by atoms with E-state index in [1.54, 1.807) is 25.1 Å². The van der Waals surface area contributed by atoms with E-state index in [-0.39, 0.29) is 17.9 Å². The van der Waals surface area contributed by atoms with E-state index in [0.717, 1.165) is 25.7 Å². The lowest BCUT2D eigenvalue weighted by Crippen LogP contribution is -2.47. The summed E-state index contributed by atoms with van der Waals surface area (Å²) in [5.41, 5.74) is 0.340. The van der Waals surface area contributed by atoms with Crippen molar-refractivity contribution in [1.29, 1.82) is 0 Å². The van der Waals surface area contributed by atoms with Crippen LogP contribution in [0.2, 0.25) is 0 Å². The monoisotopic (exact) mass is 320 g/mol. The molecule has 0 aromatic heterocycles. The summed E-state index contributed by atoms with van der Waals surface area (Å²) in [7, 11) is 3.02. The van der Waals surface area contributed by atoms with Gasteiger partial charge >= 0.3 is 0 Å². The minimum atomic E-state index is -0.612. The SMILES string of the molecule is COc1ccc(OC)c(C(=O)N[C@H](C)C(=O)NC2CCCC2)c1. The number of hydrogen-bond acceptors (Lipinski definition) is 4. The molecular formula is C17H24N2O4. The van der Waals surface area contributed by atoms with Crippen LogP contribution in [0.1, 0.15) is 43.0 Å². The Balaban J connectivity index is 2.01. The van der Waals surface area contributed by atoms with E-state index in [1.165, 1.54) is 14.2 Å². The van der Waals surface area contributed by atoms with Crippen molar-refractivity contribution in [2.75, 3.05) is 14.2 Å². The highest BCUT2D eigenvalue weighted by molar-refractivity contribution is 6.00. The lowest BCUT2D eigenvalue weighted by molar-refractivity contribution is -0.123. The maximum atomic E-state index is 12.4. The molecule has 2 amide bonds. The second-order valence-electron chi connectivity index (χ2n) is 5.75. The zero-order valence-electron chi connectivity index (χ0n) is 13.8. The molecule has 0 unspecified atom stereocenters. The van der Waals surface area contributed by atoms with Gasteiger partial charge in [0.05, 0.1) is 19.8 Å². The number of carbonyl (C=O) groups excluding carboxylic acids is 2. The van der Waals surface area contributed by atoms with Gasteiger partial charge in [-0.1, -0.05) is 12.8 Å². The summed E-state index contributed by atoms with van der Waals surface area (Å²) in [6.07, 6.45) is 4.31. The van der Waals surface area contributed by atoms with E-state index in [1.807, 2.05) is 0 Å². The maximum Gasteiger partial charge on any atom is 0.255 e. The predicted molar refractivity (Wildman–Crippen MR) is 86.9 cm³/mol. The Morgan fingerprint density at radius 2 is 1.87 bits per heavy atom. The number of carbonyl (C=O) groups is 2. The van der Waals surface area contributed by atoms with Crippen molar-refractivity contribution < 1.29 is 19.1 Å². The first kappa shape index (κ1) is 17.1. The number of amides is 2. The molecule has 0 saturated heterocycles. The number of rotatable bonds is 6. The molecule has 0 aliphatic heterocycles. The minimum absolute atomic E-state index is 0.160. The van der Waals surface area contributed by atoms with Crippen molar-refractivity contribution in [2.45, 2.75) is 44.7 Å². The fraction of sp³-hybridized carbons (Fsp3) is 0.529. The van der Waals surface area contributed by atoms with Crippen molar-refractivity contribution in [1.82, 2.24) is 10.6 Å². The maximum absolute atomic E-state index is 12.4. The van der Waals surface area contributed by atoms with Crippen LogP contribution in [-0.4, -0.2) is 38.1 Å². The highest BCUT2D eigenvalue weighted by Crippen LogP contribution is 2.24. The second-order valence-corrected chi connectivity index (χ2v) is 5.75. The minimum Gasteiger partial charge on any atom is -0.497 e. The van der Waals surface area contributed by atoms with E-state index in [0.29, 0.717) is 17.1 Å². The van der Waals surface area contributed by atoms with Crippen LogP contribution < -0.4 is 20.1 Å². The first-order valence-corrected chi connectivity index (χ1v) is 7.88. The van der Waals surface area contributed by atoms with E-state index >= 15 is 0 Å². The number of benzene rings is 1. The van der Waals surface area contributed by atoms with Gasteiger partial charge in [-0.2, -0.15) is 0 Å². The van der Waals surface area contributed by atoms with Gasteiger partial charge < -0.3 is 20.1 Å². The van der Waals surface area contributed by atoms with Gasteiger partial charge in [-0.3, -0.25) is 9.59 Å². The highest BCUT2D eigenvalue weighted by Gasteiger charge is 2.23. The highest BCUT2D eigenvalue weighted by atomic mass is 16.5. The molecule has 1 saturated carbocycles. The van der Waals surface area contributed by atoms with Gasteiger partial charge in [0.1, 0.15) is 17.5 Å². The molecule has 0 radical (unpaired) electrons. The Morgan fingerprint density at radius 1 is 1.17 bits per heavy atom. The van der Waals surface area contributed by atoms with Crippen molar-refractivity contribution >= 4 is 11.8 Å². The normalized spacial score (nSPS) is 15.8. The van der Waals surface area contributed by atoms with E-state index < -0.39 is 6.04 Å². The third-order valence-electron chi connectivity index (χ3n) is 4.09. The fourth-order valence-corrected chi connectivity index (χ4v) is 2.73. The molecule has 1 atom stereocenters. The largest absolute Gasteiger partial charge is 0.497 e. The van der Waals surface area contributed by atoms with Gasteiger partial charge in [0.15, 0.2) is 0 Å². The van der Waals surface area contributed by atoms with Gasteiger partial charge in [0, 0.05) is 6.04 Å². The van der Waals surface area contributed by atoms with Crippen molar-refractivity contribution in [2.24, 2.45) is 0 Å². The number of nitrogens with one attached hydrogen (secondary N) is 2. The Morgan fingerprint density at radius 3 is 2.48 bits per heavy atom. The summed E-state index contributed by atoms with van der Waals surface area (Å²) in [6.45, 7) is 1.68. The molecule has 1 aliphatic rings. The second kappa shape index (κ2) is 7.85. The Kier molecular flexibility index (Phi) is 5.84. The molecule has 1 aromatic carbocycles. The van der Waals surface area contributed by atoms with Crippen LogP contribution in [0, 0.1) is 0 Å². The third kappa shape index (κ3) is 4.37. The van der Waals surface area contributed by atoms with Gasteiger partial charge in [-0.05, 0) is 38.0 Å². The van der Waals surface area contributed by atoms with Gasteiger partial charge in [-0.25, -0.2) is 0 Å². The van der Waals surface area contributed by atoms with Gasteiger partial charge in [0.25, 0.3) is 5.91 Å². The average molecular weight is 320 g/mol. The molecule has 6 nitrogen and oxygen atoms in total. The molecule has 126 valence electrons. The first-order valence-electron chi connectivity index (χ1n) is 7.88. The molecule has 0 bridgehead atoms. The van der Waals surface area contributed by atoms with Crippen LogP contribution in [0.15, 0.2) is 18.2 Å². The summed E-state index contributed by atoms with van der Waals surface area (Å²) >= 11 is 0. The lowest BCUT2D eigenvalue weighted by Gasteiger charge is -2.18. The molecule has 1 aliphatic carbocycles. The number of hydrogen-bond donors (Lipinski definition) is 2. The van der Waals surface area contributed by atoms with Crippen molar-refractivity contribution in [3.63, 3.8) is 0 Å². The zero-order valence-corrected chi connectivity index (χ0v) is 13.8. The smallest absolute Gasteiger partial charge is 0.255 e. The molecule has 0 heterocycles. The van der Waals surface area contributed by atoms with Crippen molar-refractivity contribution in [3.05, 3.63) is 23.8 Å². The summed E-state index contributed by atoms with van der Waals surface area (Å²) < 4.78 is 10.3. The van der Waals surface area contributed by atoms with Crippen LogP contribution >= 0.6 is 0 Å². The van der Waals surface area contributed by atoms with E-state index in [9.17, 15) is 9.59 Å². The average Bonchev–Trinajstić information content (AvgIpc) is 3.06. The summed E-state index contributed by atoms with van der Waals surface area (Å²) in [5, 5.41) is 5.69. The fourth-order valence-electron chi connectivity index (χ4n) is 2.73. The van der Waals surface area contributed by atoms with Gasteiger partial charge in [-0.15, -0.1) is 0 Å². The quantitative estimate of drug-likeness (QED) is 0.839. The Bertz CT molecular complexity index is 568. The van der Waals surface area contributed by atoms with Crippen LogP contribution in [0.25, 0.3) is 0 Å². The molecule has 2 rings (SSSR count). The number of ether oxygens (including phenoxy) is 2. The standard InChI is InChI=1S/C17H24N2O4/c1-11(16(20)19-12-6-4-5-7-12)18-17(21)14-10-13(22-2)8-9-15(14)23-3/h8-12H,4-7H2,1-3H3,(H,18,21)(H,19,20)/t11-/m1/s1.